The van der Waals surface area contributed by atoms with Crippen molar-refractivity contribution in [1.29, 1.82) is 0 Å². The summed E-state index contributed by atoms with van der Waals surface area (Å²) in [4.78, 5) is 0. The van der Waals surface area contributed by atoms with Gasteiger partial charge in [0.05, 0.1) is 11.8 Å². The molecule has 0 aromatic rings. The van der Waals surface area contributed by atoms with E-state index in [1.165, 1.54) is 0 Å². The summed E-state index contributed by atoms with van der Waals surface area (Å²) in [5.41, 5.74) is -0.980. The molecule has 0 fully saturated rings. The maximum Gasteiger partial charge on any atom is 0.100 e. The fraction of sp³-hybridized carbons (Fsp3) is 1.00. The van der Waals surface area contributed by atoms with Crippen molar-refractivity contribution < 1.29 is 5.11 Å². The highest BCUT2D eigenvalue weighted by Gasteiger charge is 2.21. The van der Waals surface area contributed by atoms with Crippen molar-refractivity contribution in [3.63, 3.8) is 0 Å². The second-order valence-electron chi connectivity index (χ2n) is 1.65. The zero-order valence-corrected chi connectivity index (χ0v) is 6.68. The highest BCUT2D eigenvalue weighted by atomic mass is 35.5. The zero-order chi connectivity index (χ0) is 6.62. The third-order valence-corrected chi connectivity index (χ3v) is 2.38. The van der Waals surface area contributed by atoms with E-state index in [0.29, 0.717) is 5.75 Å². The molecular weight excluding hydrogens is 167 g/mol. The molecule has 0 unspecified atom stereocenters. The first-order valence-electron chi connectivity index (χ1n) is 2.14. The molecule has 0 radical (unpaired) electrons. The van der Waals surface area contributed by atoms with Crippen molar-refractivity contribution in [2.75, 3.05) is 17.5 Å². The van der Waals surface area contributed by atoms with Crippen LogP contribution in [0.3, 0.4) is 0 Å². The molecule has 0 aromatic carbocycles. The average molecular weight is 175 g/mol. The van der Waals surface area contributed by atoms with Crippen LogP contribution in [0.2, 0.25) is 0 Å². The largest absolute Gasteiger partial charge is 0.387 e. The summed E-state index contributed by atoms with van der Waals surface area (Å²) in [6.45, 7) is 0. The Balaban J connectivity index is 3.58. The van der Waals surface area contributed by atoms with E-state index in [-0.39, 0.29) is 11.8 Å². The Kier molecular flexibility index (Phi) is 4.26. The molecule has 0 aliphatic heterocycles. The van der Waals surface area contributed by atoms with Crippen LogP contribution in [0, 0.1) is 0 Å². The molecule has 0 amide bonds. The number of halogens is 2. The van der Waals surface area contributed by atoms with Crippen molar-refractivity contribution in [1.82, 2.24) is 0 Å². The third-order valence-electron chi connectivity index (χ3n) is 0.792. The molecular formula is C4H8Cl2OS. The van der Waals surface area contributed by atoms with Crippen LogP contribution in [0.1, 0.15) is 0 Å². The minimum Gasteiger partial charge on any atom is -0.387 e. The zero-order valence-electron chi connectivity index (χ0n) is 4.27. The van der Waals surface area contributed by atoms with E-state index in [4.69, 9.17) is 28.3 Å². The highest BCUT2D eigenvalue weighted by Crippen LogP contribution is 2.10. The quantitative estimate of drug-likeness (QED) is 0.486. The monoisotopic (exact) mass is 174 g/mol. The van der Waals surface area contributed by atoms with Crippen LogP contribution in [-0.2, 0) is 0 Å². The Morgan fingerprint density at radius 2 is 1.75 bits per heavy atom. The van der Waals surface area contributed by atoms with Crippen LogP contribution in [0.4, 0.5) is 0 Å². The summed E-state index contributed by atoms with van der Waals surface area (Å²) < 4.78 is 0. The summed E-state index contributed by atoms with van der Waals surface area (Å²) in [6.07, 6.45) is 0. The predicted octanol–water partition coefficient (Wildman–Crippen LogP) is 1.12. The average Bonchev–Trinajstić information content (AvgIpc) is 1.87. The smallest absolute Gasteiger partial charge is 0.100 e. The predicted molar refractivity (Wildman–Crippen MR) is 40.2 cm³/mol. The maximum atomic E-state index is 9.10. The van der Waals surface area contributed by atoms with Crippen LogP contribution in [-0.4, -0.2) is 28.2 Å². The van der Waals surface area contributed by atoms with Gasteiger partial charge in [-0.2, -0.15) is 12.6 Å². The lowest BCUT2D eigenvalue weighted by Crippen LogP contribution is -2.35. The molecule has 1 N–H and O–H groups in total. The highest BCUT2D eigenvalue weighted by molar-refractivity contribution is 7.80. The van der Waals surface area contributed by atoms with Crippen LogP contribution < -0.4 is 0 Å². The first-order valence-corrected chi connectivity index (χ1v) is 3.84. The van der Waals surface area contributed by atoms with Gasteiger partial charge in [-0.3, -0.25) is 0 Å². The van der Waals surface area contributed by atoms with E-state index in [0.717, 1.165) is 0 Å². The number of rotatable bonds is 3. The van der Waals surface area contributed by atoms with Gasteiger partial charge in [-0.25, -0.2) is 0 Å². The Bertz CT molecular complexity index is 56.8. The third kappa shape index (κ3) is 2.44. The minimum absolute atomic E-state index is 0.139. The van der Waals surface area contributed by atoms with Crippen LogP contribution in [0.25, 0.3) is 0 Å². The molecule has 0 aliphatic carbocycles. The molecule has 1 nitrogen and oxygen atoms in total. The summed E-state index contributed by atoms with van der Waals surface area (Å²) in [6, 6.07) is 0. The lowest BCUT2D eigenvalue weighted by Gasteiger charge is -2.18. The summed E-state index contributed by atoms with van der Waals surface area (Å²) in [7, 11) is 0. The van der Waals surface area contributed by atoms with Gasteiger partial charge in [-0.05, 0) is 0 Å². The van der Waals surface area contributed by atoms with E-state index < -0.39 is 5.60 Å². The first kappa shape index (κ1) is 8.89. The molecule has 0 rings (SSSR count). The van der Waals surface area contributed by atoms with Gasteiger partial charge in [0.1, 0.15) is 5.60 Å². The van der Waals surface area contributed by atoms with Gasteiger partial charge in [0, 0.05) is 5.75 Å². The van der Waals surface area contributed by atoms with Gasteiger partial charge in [0.2, 0.25) is 0 Å². The van der Waals surface area contributed by atoms with Crippen LogP contribution >= 0.6 is 35.8 Å². The van der Waals surface area contributed by atoms with Gasteiger partial charge in [0.25, 0.3) is 0 Å². The van der Waals surface area contributed by atoms with E-state index in [9.17, 15) is 0 Å². The van der Waals surface area contributed by atoms with Gasteiger partial charge < -0.3 is 5.11 Å². The molecule has 4 heteroatoms. The molecule has 0 aliphatic rings. The Labute approximate surface area is 64.4 Å². The van der Waals surface area contributed by atoms with Crippen molar-refractivity contribution in [3.8, 4) is 0 Å². The van der Waals surface area contributed by atoms with Crippen molar-refractivity contribution in [2.24, 2.45) is 0 Å². The summed E-state index contributed by atoms with van der Waals surface area (Å²) >= 11 is 14.5. The molecule has 0 saturated heterocycles. The number of thiol groups is 1. The van der Waals surface area contributed by atoms with Gasteiger partial charge in [0.15, 0.2) is 0 Å². The Morgan fingerprint density at radius 3 is 1.75 bits per heavy atom. The van der Waals surface area contributed by atoms with E-state index in [1.807, 2.05) is 0 Å². The SMILES string of the molecule is OC(CS)(CCl)CCl. The minimum atomic E-state index is -0.980. The second-order valence-corrected chi connectivity index (χ2v) is 2.50. The number of hydrogen-bond acceptors (Lipinski definition) is 2. The topological polar surface area (TPSA) is 20.2 Å². The molecule has 0 aromatic heterocycles. The van der Waals surface area contributed by atoms with Gasteiger partial charge >= 0.3 is 0 Å². The standard InChI is InChI=1S/C4H8Cl2OS/c5-1-4(7,2-6)3-8/h7-8H,1-3H2. The fourth-order valence-corrected chi connectivity index (χ4v) is 1.08. The summed E-state index contributed by atoms with van der Waals surface area (Å²) in [5.74, 6) is 0.583. The summed E-state index contributed by atoms with van der Waals surface area (Å²) in [5, 5.41) is 9.10. The molecule has 0 heterocycles. The molecule has 0 bridgehead atoms. The second kappa shape index (κ2) is 3.83. The lowest BCUT2D eigenvalue weighted by molar-refractivity contribution is 0.114. The fourth-order valence-electron chi connectivity index (χ4n) is 0.120. The molecule has 50 valence electrons. The van der Waals surface area contributed by atoms with Crippen molar-refractivity contribution in [3.05, 3.63) is 0 Å². The van der Waals surface area contributed by atoms with Crippen LogP contribution in [0.15, 0.2) is 0 Å². The lowest BCUT2D eigenvalue weighted by atomic mass is 10.2. The maximum absolute atomic E-state index is 9.10. The number of alkyl halides is 2. The Hall–Kier alpha value is 0.890. The van der Waals surface area contributed by atoms with E-state index in [2.05, 4.69) is 12.6 Å². The molecule has 0 atom stereocenters. The Morgan fingerprint density at radius 1 is 1.38 bits per heavy atom. The normalized spacial score (nSPS) is 12.0. The van der Waals surface area contributed by atoms with Gasteiger partial charge in [-0.15, -0.1) is 23.2 Å². The first-order chi connectivity index (χ1) is 3.68. The van der Waals surface area contributed by atoms with Gasteiger partial charge in [-0.1, -0.05) is 0 Å². The molecule has 0 saturated carbocycles. The number of aliphatic hydroxyl groups is 1. The van der Waals surface area contributed by atoms with E-state index in [1.54, 1.807) is 0 Å². The van der Waals surface area contributed by atoms with Crippen molar-refractivity contribution >= 4 is 35.8 Å². The van der Waals surface area contributed by atoms with E-state index >= 15 is 0 Å². The molecule has 8 heavy (non-hydrogen) atoms. The molecule has 0 spiro atoms. The number of hydrogen-bond donors (Lipinski definition) is 2. The van der Waals surface area contributed by atoms with Crippen molar-refractivity contribution in [2.45, 2.75) is 5.60 Å². The van der Waals surface area contributed by atoms with Crippen LogP contribution in [0.5, 0.6) is 0 Å².